The molecular formula is C14H17ClN4O. The molecule has 1 aliphatic rings. The summed E-state index contributed by atoms with van der Waals surface area (Å²) in [6.07, 6.45) is 4.02. The maximum Gasteiger partial charge on any atom is 0.228 e. The van der Waals surface area contributed by atoms with E-state index in [-0.39, 0.29) is 5.91 Å². The number of fused-ring (bicyclic) bond motifs is 1. The Morgan fingerprint density at radius 1 is 1.25 bits per heavy atom. The van der Waals surface area contributed by atoms with E-state index in [4.69, 9.17) is 11.6 Å². The number of likely N-dealkylation sites (N-methyl/N-ethyl adjacent to an activating group) is 1. The number of halogens is 1. The van der Waals surface area contributed by atoms with Crippen LogP contribution in [0.1, 0.15) is 5.69 Å². The predicted octanol–water partition coefficient (Wildman–Crippen LogP) is 1.30. The molecule has 1 saturated heterocycles. The second-order valence-electron chi connectivity index (χ2n) is 5.21. The molecular weight excluding hydrogens is 276 g/mol. The predicted molar refractivity (Wildman–Crippen MR) is 78.0 cm³/mol. The van der Waals surface area contributed by atoms with Gasteiger partial charge in [0.05, 0.1) is 17.1 Å². The molecule has 0 radical (unpaired) electrons. The standard InChI is InChI=1S/C14H17ClN4O/c1-17-4-6-18(7-5-17)14(20)8-12-10-19-9-11(15)2-3-13(19)16-12/h2-3,9-10H,4-8H2,1H3. The van der Waals surface area contributed by atoms with Gasteiger partial charge in [-0.15, -0.1) is 0 Å². The highest BCUT2D eigenvalue weighted by Crippen LogP contribution is 2.13. The van der Waals surface area contributed by atoms with Gasteiger partial charge in [-0.3, -0.25) is 4.79 Å². The highest BCUT2D eigenvalue weighted by molar-refractivity contribution is 6.30. The van der Waals surface area contributed by atoms with Crippen LogP contribution >= 0.6 is 11.6 Å². The lowest BCUT2D eigenvalue weighted by molar-refractivity contribution is -0.132. The molecule has 2 aromatic rings. The van der Waals surface area contributed by atoms with Gasteiger partial charge in [-0.25, -0.2) is 4.98 Å². The number of carbonyl (C=O) groups excluding carboxylic acids is 1. The Balaban J connectivity index is 1.71. The zero-order valence-electron chi connectivity index (χ0n) is 11.4. The number of aromatic nitrogens is 2. The molecule has 0 saturated carbocycles. The summed E-state index contributed by atoms with van der Waals surface area (Å²) >= 11 is 5.94. The Morgan fingerprint density at radius 2 is 2.00 bits per heavy atom. The molecule has 0 spiro atoms. The molecule has 0 unspecified atom stereocenters. The molecule has 1 fully saturated rings. The van der Waals surface area contributed by atoms with Crippen molar-refractivity contribution in [1.29, 1.82) is 0 Å². The van der Waals surface area contributed by atoms with E-state index in [1.54, 1.807) is 12.3 Å². The first-order chi connectivity index (χ1) is 9.61. The van der Waals surface area contributed by atoms with Crippen LogP contribution in [0.15, 0.2) is 24.5 Å². The van der Waals surface area contributed by atoms with Crippen molar-refractivity contribution < 1.29 is 4.79 Å². The Morgan fingerprint density at radius 3 is 2.75 bits per heavy atom. The first kappa shape index (κ1) is 13.4. The van der Waals surface area contributed by atoms with Crippen LogP contribution in [0.4, 0.5) is 0 Å². The van der Waals surface area contributed by atoms with Gasteiger partial charge in [0.1, 0.15) is 5.65 Å². The lowest BCUT2D eigenvalue weighted by Crippen LogP contribution is -2.47. The number of hydrogen-bond acceptors (Lipinski definition) is 3. The molecule has 0 bridgehead atoms. The van der Waals surface area contributed by atoms with Crippen LogP contribution < -0.4 is 0 Å². The maximum absolute atomic E-state index is 12.3. The second-order valence-corrected chi connectivity index (χ2v) is 5.64. The molecule has 6 heteroatoms. The number of carbonyl (C=O) groups is 1. The smallest absolute Gasteiger partial charge is 0.228 e. The van der Waals surface area contributed by atoms with Gasteiger partial charge < -0.3 is 14.2 Å². The largest absolute Gasteiger partial charge is 0.340 e. The fourth-order valence-electron chi connectivity index (χ4n) is 2.42. The number of piperazine rings is 1. The Labute approximate surface area is 122 Å². The number of nitrogens with zero attached hydrogens (tertiary/aromatic N) is 4. The minimum absolute atomic E-state index is 0.146. The minimum atomic E-state index is 0.146. The number of imidazole rings is 1. The molecule has 106 valence electrons. The van der Waals surface area contributed by atoms with E-state index in [1.807, 2.05) is 21.6 Å². The molecule has 0 aromatic carbocycles. The summed E-state index contributed by atoms with van der Waals surface area (Å²) in [4.78, 5) is 20.8. The Kier molecular flexibility index (Phi) is 3.63. The van der Waals surface area contributed by atoms with E-state index in [2.05, 4.69) is 16.9 Å². The van der Waals surface area contributed by atoms with Crippen molar-refractivity contribution in [3.63, 3.8) is 0 Å². The van der Waals surface area contributed by atoms with Crippen LogP contribution in [0, 0.1) is 0 Å². The van der Waals surface area contributed by atoms with E-state index in [9.17, 15) is 4.79 Å². The Hall–Kier alpha value is -1.59. The summed E-state index contributed by atoms with van der Waals surface area (Å²) in [6, 6.07) is 3.65. The fourth-order valence-corrected chi connectivity index (χ4v) is 2.59. The van der Waals surface area contributed by atoms with Gasteiger partial charge >= 0.3 is 0 Å². The quantitative estimate of drug-likeness (QED) is 0.838. The van der Waals surface area contributed by atoms with Crippen LogP contribution in [-0.4, -0.2) is 58.3 Å². The van der Waals surface area contributed by atoms with Crippen LogP contribution in [0.25, 0.3) is 5.65 Å². The van der Waals surface area contributed by atoms with Gasteiger partial charge in [0.2, 0.25) is 5.91 Å². The second kappa shape index (κ2) is 5.42. The molecule has 1 amide bonds. The molecule has 20 heavy (non-hydrogen) atoms. The number of pyridine rings is 1. The SMILES string of the molecule is CN1CCN(C(=O)Cc2cn3cc(Cl)ccc3n2)CC1. The molecule has 2 aromatic heterocycles. The van der Waals surface area contributed by atoms with Gasteiger partial charge in [0.25, 0.3) is 0 Å². The molecule has 5 nitrogen and oxygen atoms in total. The van der Waals surface area contributed by atoms with Crippen LogP contribution in [0.3, 0.4) is 0 Å². The van der Waals surface area contributed by atoms with Gasteiger partial charge in [0, 0.05) is 38.6 Å². The highest BCUT2D eigenvalue weighted by Gasteiger charge is 2.19. The number of rotatable bonds is 2. The van der Waals surface area contributed by atoms with E-state index in [0.717, 1.165) is 37.5 Å². The minimum Gasteiger partial charge on any atom is -0.340 e. The number of hydrogen-bond donors (Lipinski definition) is 0. The van der Waals surface area contributed by atoms with Crippen LogP contribution in [-0.2, 0) is 11.2 Å². The summed E-state index contributed by atoms with van der Waals surface area (Å²) in [5.41, 5.74) is 1.60. The average molecular weight is 293 g/mol. The van der Waals surface area contributed by atoms with Gasteiger partial charge in [0.15, 0.2) is 0 Å². The van der Waals surface area contributed by atoms with Crippen molar-refractivity contribution in [3.8, 4) is 0 Å². The number of amides is 1. The zero-order valence-corrected chi connectivity index (χ0v) is 12.2. The van der Waals surface area contributed by atoms with Gasteiger partial charge in [-0.05, 0) is 19.2 Å². The molecule has 0 N–H and O–H groups in total. The zero-order chi connectivity index (χ0) is 14.1. The third-order valence-corrected chi connectivity index (χ3v) is 3.88. The van der Waals surface area contributed by atoms with Crippen LogP contribution in [0.2, 0.25) is 5.02 Å². The first-order valence-electron chi connectivity index (χ1n) is 6.71. The normalized spacial score (nSPS) is 16.8. The fraction of sp³-hybridized carbons (Fsp3) is 0.429. The third-order valence-electron chi connectivity index (χ3n) is 3.65. The third kappa shape index (κ3) is 2.78. The summed E-state index contributed by atoms with van der Waals surface area (Å²) in [5.74, 6) is 0.146. The van der Waals surface area contributed by atoms with E-state index < -0.39 is 0 Å². The van der Waals surface area contributed by atoms with Crippen molar-refractivity contribution in [3.05, 3.63) is 35.2 Å². The van der Waals surface area contributed by atoms with E-state index in [0.29, 0.717) is 11.4 Å². The summed E-state index contributed by atoms with van der Waals surface area (Å²) < 4.78 is 1.86. The van der Waals surface area contributed by atoms with Gasteiger partial charge in [-0.1, -0.05) is 11.6 Å². The van der Waals surface area contributed by atoms with Crippen molar-refractivity contribution in [1.82, 2.24) is 19.2 Å². The van der Waals surface area contributed by atoms with Crippen molar-refractivity contribution in [2.75, 3.05) is 33.2 Å². The molecule has 3 rings (SSSR count). The lowest BCUT2D eigenvalue weighted by atomic mass is 10.2. The van der Waals surface area contributed by atoms with Crippen molar-refractivity contribution in [2.24, 2.45) is 0 Å². The van der Waals surface area contributed by atoms with Gasteiger partial charge in [-0.2, -0.15) is 0 Å². The first-order valence-corrected chi connectivity index (χ1v) is 7.09. The van der Waals surface area contributed by atoms with E-state index in [1.165, 1.54) is 0 Å². The molecule has 0 aliphatic carbocycles. The van der Waals surface area contributed by atoms with Crippen molar-refractivity contribution >= 4 is 23.2 Å². The topological polar surface area (TPSA) is 40.9 Å². The highest BCUT2D eigenvalue weighted by atomic mass is 35.5. The van der Waals surface area contributed by atoms with E-state index >= 15 is 0 Å². The average Bonchev–Trinajstić information content (AvgIpc) is 2.80. The maximum atomic E-state index is 12.3. The molecule has 1 aliphatic heterocycles. The lowest BCUT2D eigenvalue weighted by Gasteiger charge is -2.32. The molecule has 0 atom stereocenters. The monoisotopic (exact) mass is 292 g/mol. The van der Waals surface area contributed by atoms with Crippen LogP contribution in [0.5, 0.6) is 0 Å². The van der Waals surface area contributed by atoms with Crippen molar-refractivity contribution in [2.45, 2.75) is 6.42 Å². The summed E-state index contributed by atoms with van der Waals surface area (Å²) in [6.45, 7) is 3.47. The summed E-state index contributed by atoms with van der Waals surface area (Å²) in [5, 5.41) is 0.659. The Bertz CT molecular complexity index is 631. The summed E-state index contributed by atoms with van der Waals surface area (Å²) in [7, 11) is 2.08. The molecule has 3 heterocycles.